The molecule has 0 aromatic heterocycles. The van der Waals surface area contributed by atoms with Crippen LogP contribution in [0.1, 0.15) is 27.0 Å². The molecule has 0 saturated heterocycles. The minimum absolute atomic E-state index is 0.222. The van der Waals surface area contributed by atoms with E-state index in [9.17, 15) is 9.59 Å². The van der Waals surface area contributed by atoms with Crippen LogP contribution in [0.4, 0.5) is 11.4 Å². The molecule has 6 nitrogen and oxygen atoms in total. The highest BCUT2D eigenvalue weighted by atomic mass is 16.5. The summed E-state index contributed by atoms with van der Waals surface area (Å²) in [5.74, 6) is 0.801. The van der Waals surface area contributed by atoms with Crippen LogP contribution in [0.5, 0.6) is 5.75 Å². The van der Waals surface area contributed by atoms with Gasteiger partial charge in [0.2, 0.25) is 0 Å². The number of carbonyl (C=O) groups is 2. The molecule has 5 rings (SSSR count). The van der Waals surface area contributed by atoms with Crippen molar-refractivity contribution in [3.63, 3.8) is 0 Å². The number of nitrogens with zero attached hydrogens (tertiary/aromatic N) is 2. The average molecular weight is 488 g/mol. The molecule has 0 saturated carbocycles. The van der Waals surface area contributed by atoms with Gasteiger partial charge in [0.05, 0.1) is 12.8 Å². The SMILES string of the molecule is COc1ccc(/C=C2\N=C(c3ccccc3)N(c3ccc(C(=O)Nc4ccc(C)cc4)cc3)C2=O)cc1. The number of aliphatic imine (C=N–C) groups is 1. The fourth-order valence-electron chi connectivity index (χ4n) is 4.00. The lowest BCUT2D eigenvalue weighted by Gasteiger charge is -2.19. The van der Waals surface area contributed by atoms with Crippen LogP contribution >= 0.6 is 0 Å². The molecule has 4 aromatic carbocycles. The Morgan fingerprint density at radius 3 is 2.19 bits per heavy atom. The molecule has 37 heavy (non-hydrogen) atoms. The smallest absolute Gasteiger partial charge is 0.282 e. The first kappa shape index (κ1) is 23.8. The predicted octanol–water partition coefficient (Wildman–Crippen LogP) is 6.09. The van der Waals surface area contributed by atoms with Gasteiger partial charge in [0.15, 0.2) is 0 Å². The zero-order chi connectivity index (χ0) is 25.8. The second kappa shape index (κ2) is 10.3. The maximum absolute atomic E-state index is 13.5. The molecule has 0 unspecified atom stereocenters. The summed E-state index contributed by atoms with van der Waals surface area (Å²) in [7, 11) is 1.61. The number of anilines is 2. The van der Waals surface area contributed by atoms with Crippen molar-refractivity contribution in [2.45, 2.75) is 6.92 Å². The van der Waals surface area contributed by atoms with Crippen molar-refractivity contribution in [1.29, 1.82) is 0 Å². The van der Waals surface area contributed by atoms with Crippen molar-refractivity contribution in [3.8, 4) is 5.75 Å². The van der Waals surface area contributed by atoms with Gasteiger partial charge < -0.3 is 10.1 Å². The molecule has 0 atom stereocenters. The third-order valence-electron chi connectivity index (χ3n) is 6.01. The molecule has 0 spiro atoms. The first-order valence-electron chi connectivity index (χ1n) is 11.8. The fourth-order valence-corrected chi connectivity index (χ4v) is 4.00. The van der Waals surface area contributed by atoms with Gasteiger partial charge in [-0.15, -0.1) is 0 Å². The number of carbonyl (C=O) groups excluding carboxylic acids is 2. The number of benzene rings is 4. The first-order chi connectivity index (χ1) is 18.0. The summed E-state index contributed by atoms with van der Waals surface area (Å²) < 4.78 is 5.22. The Morgan fingerprint density at radius 1 is 0.865 bits per heavy atom. The number of ether oxygens (including phenoxy) is 1. The highest BCUT2D eigenvalue weighted by Gasteiger charge is 2.32. The largest absolute Gasteiger partial charge is 0.497 e. The summed E-state index contributed by atoms with van der Waals surface area (Å²) in [4.78, 5) is 32.6. The van der Waals surface area contributed by atoms with Gasteiger partial charge in [-0.2, -0.15) is 0 Å². The van der Waals surface area contributed by atoms with E-state index in [2.05, 4.69) is 5.32 Å². The summed E-state index contributed by atoms with van der Waals surface area (Å²) in [6.45, 7) is 1.99. The maximum Gasteiger partial charge on any atom is 0.282 e. The first-order valence-corrected chi connectivity index (χ1v) is 11.8. The third-order valence-corrected chi connectivity index (χ3v) is 6.01. The van der Waals surface area contributed by atoms with Gasteiger partial charge >= 0.3 is 0 Å². The Morgan fingerprint density at radius 2 is 1.54 bits per heavy atom. The minimum Gasteiger partial charge on any atom is -0.497 e. The molecule has 0 radical (unpaired) electrons. The molecule has 182 valence electrons. The van der Waals surface area contributed by atoms with E-state index in [1.54, 1.807) is 42.4 Å². The highest BCUT2D eigenvalue weighted by molar-refractivity contribution is 6.33. The van der Waals surface area contributed by atoms with E-state index in [0.717, 1.165) is 28.1 Å². The van der Waals surface area contributed by atoms with E-state index in [4.69, 9.17) is 9.73 Å². The molecule has 1 aliphatic heterocycles. The van der Waals surface area contributed by atoms with E-state index in [1.165, 1.54) is 0 Å². The van der Waals surface area contributed by atoms with Crippen LogP contribution in [0.15, 0.2) is 114 Å². The lowest BCUT2D eigenvalue weighted by atomic mass is 10.1. The van der Waals surface area contributed by atoms with E-state index in [1.807, 2.05) is 85.8 Å². The zero-order valence-corrected chi connectivity index (χ0v) is 20.5. The topological polar surface area (TPSA) is 71.0 Å². The number of methoxy groups -OCH3 is 1. The van der Waals surface area contributed by atoms with Crippen molar-refractivity contribution in [1.82, 2.24) is 0 Å². The van der Waals surface area contributed by atoms with Crippen molar-refractivity contribution < 1.29 is 14.3 Å². The third kappa shape index (κ3) is 5.18. The molecule has 1 heterocycles. The molecule has 0 fully saturated rings. The summed E-state index contributed by atoms with van der Waals surface area (Å²) in [6, 6.07) is 31.5. The summed E-state index contributed by atoms with van der Waals surface area (Å²) >= 11 is 0. The van der Waals surface area contributed by atoms with Gasteiger partial charge in [0.25, 0.3) is 11.8 Å². The van der Waals surface area contributed by atoms with Gasteiger partial charge in [-0.1, -0.05) is 60.2 Å². The summed E-state index contributed by atoms with van der Waals surface area (Å²) in [5, 5.41) is 2.90. The molecule has 0 bridgehead atoms. The van der Waals surface area contributed by atoms with Gasteiger partial charge in [0, 0.05) is 16.8 Å². The van der Waals surface area contributed by atoms with Crippen molar-refractivity contribution in [2.24, 2.45) is 4.99 Å². The van der Waals surface area contributed by atoms with Gasteiger partial charge in [-0.25, -0.2) is 4.99 Å². The molecular weight excluding hydrogens is 462 g/mol. The molecule has 1 N–H and O–H groups in total. The quantitative estimate of drug-likeness (QED) is 0.335. The molecule has 1 aliphatic rings. The van der Waals surface area contributed by atoms with E-state index in [-0.39, 0.29) is 11.8 Å². The van der Waals surface area contributed by atoms with Crippen molar-refractivity contribution >= 4 is 35.1 Å². The zero-order valence-electron chi connectivity index (χ0n) is 20.5. The maximum atomic E-state index is 13.5. The van der Waals surface area contributed by atoms with Crippen LogP contribution in [0, 0.1) is 6.92 Å². The molecular formula is C31H25N3O3. The normalized spacial score (nSPS) is 14.0. The van der Waals surface area contributed by atoms with E-state index in [0.29, 0.717) is 22.8 Å². The number of amidine groups is 1. The minimum atomic E-state index is -0.244. The predicted molar refractivity (Wildman–Crippen MR) is 147 cm³/mol. The number of nitrogens with one attached hydrogen (secondary N) is 1. The Balaban J connectivity index is 1.44. The summed E-state index contributed by atoms with van der Waals surface area (Å²) in [5.41, 5.74) is 4.93. The Hall–Kier alpha value is -4.97. The van der Waals surface area contributed by atoms with E-state index >= 15 is 0 Å². The number of hydrogen-bond donors (Lipinski definition) is 1. The van der Waals surface area contributed by atoms with Crippen LogP contribution in [0.25, 0.3) is 6.08 Å². The average Bonchev–Trinajstić information content (AvgIpc) is 3.26. The lowest BCUT2D eigenvalue weighted by Crippen LogP contribution is -2.32. The second-order valence-corrected chi connectivity index (χ2v) is 8.61. The Labute approximate surface area is 215 Å². The number of amides is 2. The van der Waals surface area contributed by atoms with E-state index < -0.39 is 0 Å². The second-order valence-electron chi connectivity index (χ2n) is 8.61. The van der Waals surface area contributed by atoms with Crippen LogP contribution < -0.4 is 15.0 Å². The lowest BCUT2D eigenvalue weighted by molar-refractivity contribution is -0.113. The Kier molecular flexibility index (Phi) is 6.64. The number of rotatable bonds is 6. The van der Waals surface area contributed by atoms with Gasteiger partial charge in [-0.05, 0) is 67.1 Å². The number of aryl methyl sites for hydroxylation is 1. The van der Waals surface area contributed by atoms with Crippen molar-refractivity contribution in [2.75, 3.05) is 17.3 Å². The highest BCUT2D eigenvalue weighted by Crippen LogP contribution is 2.28. The fraction of sp³-hybridized carbons (Fsp3) is 0.0645. The molecule has 2 amide bonds. The van der Waals surface area contributed by atoms with Crippen LogP contribution in [-0.2, 0) is 4.79 Å². The summed E-state index contributed by atoms with van der Waals surface area (Å²) in [6.07, 6.45) is 1.76. The van der Waals surface area contributed by atoms with Crippen LogP contribution in [0.2, 0.25) is 0 Å². The van der Waals surface area contributed by atoms with Crippen LogP contribution in [-0.4, -0.2) is 24.8 Å². The molecule has 0 aliphatic carbocycles. The monoisotopic (exact) mass is 487 g/mol. The Bertz CT molecular complexity index is 1490. The van der Waals surface area contributed by atoms with Gasteiger partial charge in [0.1, 0.15) is 17.3 Å². The molecule has 6 heteroatoms. The van der Waals surface area contributed by atoms with Gasteiger partial charge in [-0.3, -0.25) is 14.5 Å². The standard InChI is InChI=1S/C31H25N3O3/c1-21-8-14-25(15-9-21)32-30(35)24-12-16-26(17-13-24)34-29(23-6-4-3-5-7-23)33-28(31(34)36)20-22-10-18-27(37-2)19-11-22/h3-20H,1-2H3,(H,32,35)/b28-20-. The van der Waals surface area contributed by atoms with Crippen LogP contribution in [0.3, 0.4) is 0 Å². The number of hydrogen-bond acceptors (Lipinski definition) is 4. The molecule has 4 aromatic rings. The van der Waals surface area contributed by atoms with Crippen molar-refractivity contribution in [3.05, 3.63) is 131 Å².